The third-order valence-electron chi connectivity index (χ3n) is 2.37. The summed E-state index contributed by atoms with van der Waals surface area (Å²) in [5.41, 5.74) is 0.904. The van der Waals surface area contributed by atoms with Crippen molar-refractivity contribution in [2.24, 2.45) is 0 Å². The molecule has 0 spiro atoms. The van der Waals surface area contributed by atoms with Crippen molar-refractivity contribution in [1.82, 2.24) is 9.71 Å². The van der Waals surface area contributed by atoms with E-state index < -0.39 is 16.1 Å². The Bertz CT molecular complexity index is 471. The van der Waals surface area contributed by atoms with E-state index in [0.29, 0.717) is 6.42 Å². The van der Waals surface area contributed by atoms with Crippen molar-refractivity contribution in [3.63, 3.8) is 0 Å². The minimum atomic E-state index is -3.42. The summed E-state index contributed by atoms with van der Waals surface area (Å²) in [7, 11) is -3.42. The molecular weight excluding hydrogens is 240 g/mol. The van der Waals surface area contributed by atoms with Crippen molar-refractivity contribution < 1.29 is 13.2 Å². The van der Waals surface area contributed by atoms with Gasteiger partial charge in [0.2, 0.25) is 10.0 Å². The minimum Gasteiger partial charge on any atom is -0.298 e. The highest BCUT2D eigenvalue weighted by Gasteiger charge is 2.17. The fraction of sp³-hybridized carbons (Fsp3) is 0.455. The van der Waals surface area contributed by atoms with Gasteiger partial charge in [-0.25, -0.2) is 13.1 Å². The first-order valence-corrected chi connectivity index (χ1v) is 6.95. The van der Waals surface area contributed by atoms with Gasteiger partial charge < -0.3 is 0 Å². The van der Waals surface area contributed by atoms with Gasteiger partial charge in [0.15, 0.2) is 0 Å². The third-order valence-corrected chi connectivity index (χ3v) is 3.83. The molecule has 1 aromatic heterocycles. The van der Waals surface area contributed by atoms with E-state index in [9.17, 15) is 13.2 Å². The predicted octanol–water partition coefficient (Wildman–Crippen LogP) is 0.521. The van der Waals surface area contributed by atoms with Gasteiger partial charge in [0.25, 0.3) is 0 Å². The second-order valence-electron chi connectivity index (χ2n) is 3.87. The minimum absolute atomic E-state index is 0.0331. The Kier molecular flexibility index (Phi) is 4.77. The summed E-state index contributed by atoms with van der Waals surface area (Å²) in [6.45, 7) is 2.89. The van der Waals surface area contributed by atoms with E-state index in [-0.39, 0.29) is 11.5 Å². The fourth-order valence-electron chi connectivity index (χ4n) is 1.21. The molecule has 94 valence electrons. The van der Waals surface area contributed by atoms with Gasteiger partial charge in [-0.1, -0.05) is 0 Å². The average molecular weight is 256 g/mol. The van der Waals surface area contributed by atoms with Gasteiger partial charge in [0.1, 0.15) is 5.78 Å². The molecule has 0 aliphatic heterocycles. The lowest BCUT2D eigenvalue weighted by molar-refractivity contribution is -0.118. The molecule has 0 saturated heterocycles. The molecule has 0 aliphatic carbocycles. The lowest BCUT2D eigenvalue weighted by Gasteiger charge is -2.10. The summed E-state index contributed by atoms with van der Waals surface area (Å²) in [4.78, 5) is 14.8. The summed E-state index contributed by atoms with van der Waals surface area (Å²) in [6.07, 6.45) is 3.64. The smallest absolute Gasteiger partial charge is 0.212 e. The van der Waals surface area contributed by atoms with E-state index in [1.54, 1.807) is 24.5 Å². The average Bonchev–Trinajstić information content (AvgIpc) is 2.27. The summed E-state index contributed by atoms with van der Waals surface area (Å²) >= 11 is 0. The first-order chi connectivity index (χ1) is 7.91. The van der Waals surface area contributed by atoms with E-state index >= 15 is 0 Å². The van der Waals surface area contributed by atoms with Gasteiger partial charge >= 0.3 is 0 Å². The van der Waals surface area contributed by atoms with Crippen LogP contribution < -0.4 is 4.72 Å². The van der Waals surface area contributed by atoms with Gasteiger partial charge in [-0.05, 0) is 38.0 Å². The first kappa shape index (κ1) is 13.8. The topological polar surface area (TPSA) is 76.1 Å². The molecule has 1 rings (SSSR count). The van der Waals surface area contributed by atoms with Crippen LogP contribution in [0.2, 0.25) is 0 Å². The number of sulfonamides is 1. The highest BCUT2D eigenvalue weighted by Crippen LogP contribution is 2.00. The molecule has 6 heteroatoms. The van der Waals surface area contributed by atoms with E-state index in [1.165, 1.54) is 13.8 Å². The molecule has 5 nitrogen and oxygen atoms in total. The first-order valence-electron chi connectivity index (χ1n) is 5.30. The Hall–Kier alpha value is -1.27. The summed E-state index contributed by atoms with van der Waals surface area (Å²) in [6, 6.07) is 2.87. The standard InChI is InChI=1S/C11H16N2O3S/c1-9(10(2)14)13-17(15,16)8-5-11-3-6-12-7-4-11/h3-4,6-7,9,13H,5,8H2,1-2H3. The number of carbonyl (C=O) groups excluding carboxylic acids is 1. The number of carbonyl (C=O) groups is 1. The van der Waals surface area contributed by atoms with Crippen LogP contribution in [0, 0.1) is 0 Å². The predicted molar refractivity (Wildman–Crippen MR) is 65.0 cm³/mol. The number of aryl methyl sites for hydroxylation is 1. The maximum atomic E-state index is 11.6. The van der Waals surface area contributed by atoms with Gasteiger partial charge in [0, 0.05) is 12.4 Å². The zero-order chi connectivity index (χ0) is 12.9. The number of hydrogen-bond donors (Lipinski definition) is 1. The van der Waals surface area contributed by atoms with Crippen LogP contribution >= 0.6 is 0 Å². The molecule has 0 fully saturated rings. The molecule has 0 saturated carbocycles. The van der Waals surface area contributed by atoms with Crippen molar-refractivity contribution in [1.29, 1.82) is 0 Å². The molecule has 1 unspecified atom stereocenters. The largest absolute Gasteiger partial charge is 0.298 e. The molecule has 0 bridgehead atoms. The molecule has 1 heterocycles. The van der Waals surface area contributed by atoms with Crippen LogP contribution in [0.25, 0.3) is 0 Å². The molecule has 1 atom stereocenters. The van der Waals surface area contributed by atoms with Crippen LogP contribution in [-0.2, 0) is 21.2 Å². The van der Waals surface area contributed by atoms with Crippen molar-refractivity contribution in [2.75, 3.05) is 5.75 Å². The number of rotatable bonds is 6. The maximum Gasteiger partial charge on any atom is 0.212 e. The quantitative estimate of drug-likeness (QED) is 0.805. The second kappa shape index (κ2) is 5.88. The normalized spacial score (nSPS) is 13.3. The Balaban J connectivity index is 2.54. The third kappa shape index (κ3) is 5.06. The highest BCUT2D eigenvalue weighted by atomic mass is 32.2. The van der Waals surface area contributed by atoms with Crippen LogP contribution in [0.15, 0.2) is 24.5 Å². The SMILES string of the molecule is CC(=O)C(C)NS(=O)(=O)CCc1ccncc1. The molecule has 1 N–H and O–H groups in total. The van der Waals surface area contributed by atoms with Crippen LogP contribution in [0.5, 0.6) is 0 Å². The Morgan fingerprint density at radius 2 is 2.00 bits per heavy atom. The zero-order valence-corrected chi connectivity index (χ0v) is 10.7. The Morgan fingerprint density at radius 1 is 1.41 bits per heavy atom. The number of Topliss-reactive ketones (excluding diaryl/α,β-unsaturated/α-hetero) is 1. The van der Waals surface area contributed by atoms with Crippen molar-refractivity contribution >= 4 is 15.8 Å². The van der Waals surface area contributed by atoms with Crippen LogP contribution in [0.3, 0.4) is 0 Å². The number of hydrogen-bond acceptors (Lipinski definition) is 4. The van der Waals surface area contributed by atoms with Gasteiger partial charge in [-0.3, -0.25) is 9.78 Å². The summed E-state index contributed by atoms with van der Waals surface area (Å²) < 4.78 is 25.6. The van der Waals surface area contributed by atoms with E-state index in [0.717, 1.165) is 5.56 Å². The molecular formula is C11H16N2O3S. The van der Waals surface area contributed by atoms with Crippen molar-refractivity contribution in [3.8, 4) is 0 Å². The van der Waals surface area contributed by atoms with Crippen LogP contribution in [0.1, 0.15) is 19.4 Å². The monoisotopic (exact) mass is 256 g/mol. The molecule has 0 amide bonds. The van der Waals surface area contributed by atoms with Crippen molar-refractivity contribution in [3.05, 3.63) is 30.1 Å². The summed E-state index contributed by atoms with van der Waals surface area (Å²) in [5, 5.41) is 0. The second-order valence-corrected chi connectivity index (χ2v) is 5.75. The van der Waals surface area contributed by atoms with Gasteiger partial charge in [-0.2, -0.15) is 0 Å². The highest BCUT2D eigenvalue weighted by molar-refractivity contribution is 7.89. The van der Waals surface area contributed by atoms with Gasteiger partial charge in [-0.15, -0.1) is 0 Å². The number of ketones is 1. The van der Waals surface area contributed by atoms with Crippen LogP contribution in [0.4, 0.5) is 0 Å². The zero-order valence-electron chi connectivity index (χ0n) is 9.88. The fourth-order valence-corrected chi connectivity index (χ4v) is 2.54. The molecule has 0 aromatic carbocycles. The van der Waals surface area contributed by atoms with E-state index in [1.807, 2.05) is 0 Å². The molecule has 1 aromatic rings. The number of aromatic nitrogens is 1. The van der Waals surface area contributed by atoms with E-state index in [2.05, 4.69) is 9.71 Å². The molecule has 0 aliphatic rings. The summed E-state index contributed by atoms with van der Waals surface area (Å²) in [5.74, 6) is -0.230. The van der Waals surface area contributed by atoms with Crippen molar-refractivity contribution in [2.45, 2.75) is 26.3 Å². The lowest BCUT2D eigenvalue weighted by Crippen LogP contribution is -2.38. The maximum absolute atomic E-state index is 11.6. The molecule has 0 radical (unpaired) electrons. The lowest BCUT2D eigenvalue weighted by atomic mass is 10.2. The number of nitrogens with zero attached hydrogens (tertiary/aromatic N) is 1. The Labute approximate surface area is 101 Å². The number of nitrogens with one attached hydrogen (secondary N) is 1. The van der Waals surface area contributed by atoms with Gasteiger partial charge in [0.05, 0.1) is 11.8 Å². The van der Waals surface area contributed by atoms with E-state index in [4.69, 9.17) is 0 Å². The number of pyridine rings is 1. The van der Waals surface area contributed by atoms with Crippen LogP contribution in [-0.4, -0.2) is 31.0 Å². The Morgan fingerprint density at radius 3 is 2.53 bits per heavy atom. The molecule has 17 heavy (non-hydrogen) atoms.